The number of rotatable bonds is 6. The number of hydrogen-bond acceptors (Lipinski definition) is 1. The molecular formula is C53H39N. The lowest BCUT2D eigenvalue weighted by atomic mass is 9.82. The molecule has 9 aromatic carbocycles. The Kier molecular flexibility index (Phi) is 7.56. The molecule has 0 saturated heterocycles. The summed E-state index contributed by atoms with van der Waals surface area (Å²) in [6.45, 7) is 4.72. The fourth-order valence-corrected chi connectivity index (χ4v) is 8.84. The zero-order valence-corrected chi connectivity index (χ0v) is 30.5. The minimum atomic E-state index is -0.124. The Balaban J connectivity index is 1.28. The molecule has 0 aliphatic heterocycles. The quantitative estimate of drug-likeness (QED) is 0.157. The molecule has 256 valence electrons. The van der Waals surface area contributed by atoms with Crippen LogP contribution in [0.4, 0.5) is 17.1 Å². The summed E-state index contributed by atoms with van der Waals surface area (Å²) < 4.78 is 0. The minimum Gasteiger partial charge on any atom is -0.310 e. The molecule has 54 heavy (non-hydrogen) atoms. The highest BCUT2D eigenvalue weighted by Crippen LogP contribution is 2.53. The number of para-hydroxylation sites is 1. The normalized spacial score (nSPS) is 12.8. The van der Waals surface area contributed by atoms with Crippen LogP contribution >= 0.6 is 0 Å². The largest absolute Gasteiger partial charge is 0.310 e. The second kappa shape index (κ2) is 12.8. The van der Waals surface area contributed by atoms with E-state index < -0.39 is 0 Å². The Hall–Kier alpha value is -6.70. The van der Waals surface area contributed by atoms with Crippen LogP contribution in [0.1, 0.15) is 25.0 Å². The summed E-state index contributed by atoms with van der Waals surface area (Å²) in [5.41, 5.74) is 15.9. The third kappa shape index (κ3) is 5.16. The smallest absolute Gasteiger partial charge is 0.0546 e. The zero-order valence-electron chi connectivity index (χ0n) is 30.5. The van der Waals surface area contributed by atoms with E-state index in [9.17, 15) is 0 Å². The molecule has 0 atom stereocenters. The summed E-state index contributed by atoms with van der Waals surface area (Å²) in [6, 6.07) is 73.5. The first-order chi connectivity index (χ1) is 26.6. The van der Waals surface area contributed by atoms with Gasteiger partial charge in [-0.15, -0.1) is 0 Å². The topological polar surface area (TPSA) is 3.24 Å². The number of benzene rings is 9. The van der Waals surface area contributed by atoms with Gasteiger partial charge in [0.2, 0.25) is 0 Å². The molecule has 0 radical (unpaired) electrons. The molecule has 0 unspecified atom stereocenters. The molecule has 0 aromatic heterocycles. The molecule has 0 heterocycles. The molecular weight excluding hydrogens is 651 g/mol. The lowest BCUT2D eigenvalue weighted by Crippen LogP contribution is -2.17. The molecule has 1 heteroatoms. The fraction of sp³-hybridized carbons (Fsp3) is 0.0566. The van der Waals surface area contributed by atoms with Crippen LogP contribution in [-0.4, -0.2) is 0 Å². The molecule has 1 aliphatic rings. The fourth-order valence-electron chi connectivity index (χ4n) is 8.84. The first-order valence-corrected chi connectivity index (χ1v) is 18.9. The molecule has 10 rings (SSSR count). The lowest BCUT2D eigenvalue weighted by Gasteiger charge is -2.31. The van der Waals surface area contributed by atoms with E-state index in [2.05, 4.69) is 219 Å². The van der Waals surface area contributed by atoms with Crippen LogP contribution in [0.15, 0.2) is 200 Å². The highest BCUT2D eigenvalue weighted by Gasteiger charge is 2.36. The first kappa shape index (κ1) is 32.0. The van der Waals surface area contributed by atoms with E-state index in [-0.39, 0.29) is 5.41 Å². The second-order valence-corrected chi connectivity index (χ2v) is 14.9. The van der Waals surface area contributed by atoms with Gasteiger partial charge >= 0.3 is 0 Å². The van der Waals surface area contributed by atoms with Crippen molar-refractivity contribution in [3.8, 4) is 44.5 Å². The standard InChI is InChI=1S/C53H39N/c1-53(2)49-29-14-13-27-46(49)47-32-31-41(35-50(47)53)54(40-22-7-4-8-23-40)51-30-16-28-43(38-21-15-20-37(33-38)36-17-5-3-6-18-36)52(51)48-34-39-19-9-10-24-42(39)44-25-11-12-26-45(44)48/h3-35H,1-2H3. The number of hydrogen-bond donors (Lipinski definition) is 0. The molecule has 0 fully saturated rings. The Morgan fingerprint density at radius 1 is 0.352 bits per heavy atom. The summed E-state index contributed by atoms with van der Waals surface area (Å²) >= 11 is 0. The van der Waals surface area contributed by atoms with Gasteiger partial charge in [-0.1, -0.05) is 172 Å². The van der Waals surface area contributed by atoms with Crippen molar-refractivity contribution in [2.75, 3.05) is 4.90 Å². The molecule has 1 aliphatic carbocycles. The van der Waals surface area contributed by atoms with Crippen molar-refractivity contribution in [2.45, 2.75) is 19.3 Å². The van der Waals surface area contributed by atoms with Gasteiger partial charge in [0.05, 0.1) is 5.69 Å². The van der Waals surface area contributed by atoms with Crippen molar-refractivity contribution in [2.24, 2.45) is 0 Å². The predicted molar refractivity (Wildman–Crippen MR) is 230 cm³/mol. The van der Waals surface area contributed by atoms with Gasteiger partial charge in [0.25, 0.3) is 0 Å². The maximum absolute atomic E-state index is 2.48. The van der Waals surface area contributed by atoms with Gasteiger partial charge in [-0.3, -0.25) is 0 Å². The summed E-state index contributed by atoms with van der Waals surface area (Å²) in [6.07, 6.45) is 0. The third-order valence-corrected chi connectivity index (χ3v) is 11.4. The summed E-state index contributed by atoms with van der Waals surface area (Å²) in [7, 11) is 0. The number of anilines is 3. The van der Waals surface area contributed by atoms with Crippen molar-refractivity contribution in [1.82, 2.24) is 0 Å². The van der Waals surface area contributed by atoms with Gasteiger partial charge in [-0.05, 0) is 114 Å². The van der Waals surface area contributed by atoms with Gasteiger partial charge in [0.15, 0.2) is 0 Å². The molecule has 1 nitrogen and oxygen atoms in total. The van der Waals surface area contributed by atoms with Crippen molar-refractivity contribution < 1.29 is 0 Å². The van der Waals surface area contributed by atoms with E-state index >= 15 is 0 Å². The first-order valence-electron chi connectivity index (χ1n) is 18.9. The SMILES string of the molecule is CC1(C)c2ccccc2-c2ccc(N(c3ccccc3)c3cccc(-c4cccc(-c5ccccc5)c4)c3-c3cc4ccccc4c4ccccc34)cc21. The molecule has 9 aromatic rings. The van der Waals surface area contributed by atoms with Crippen LogP contribution in [0.25, 0.3) is 66.1 Å². The maximum atomic E-state index is 2.48. The molecule has 0 spiro atoms. The van der Waals surface area contributed by atoms with Crippen LogP contribution in [0.5, 0.6) is 0 Å². The summed E-state index contributed by atoms with van der Waals surface area (Å²) in [5, 5.41) is 4.99. The van der Waals surface area contributed by atoms with E-state index in [1.807, 2.05) is 0 Å². The van der Waals surface area contributed by atoms with Gasteiger partial charge in [0, 0.05) is 22.4 Å². The average Bonchev–Trinajstić information content (AvgIpc) is 3.46. The summed E-state index contributed by atoms with van der Waals surface area (Å²) in [4.78, 5) is 2.48. The molecule has 0 saturated carbocycles. The second-order valence-electron chi connectivity index (χ2n) is 14.9. The van der Waals surface area contributed by atoms with Gasteiger partial charge in [-0.25, -0.2) is 0 Å². The highest BCUT2D eigenvalue weighted by molar-refractivity contribution is 6.16. The van der Waals surface area contributed by atoms with Crippen LogP contribution in [-0.2, 0) is 5.41 Å². The average molecular weight is 690 g/mol. The van der Waals surface area contributed by atoms with Crippen molar-refractivity contribution in [1.29, 1.82) is 0 Å². The Morgan fingerprint density at radius 3 is 1.80 bits per heavy atom. The summed E-state index contributed by atoms with van der Waals surface area (Å²) in [5.74, 6) is 0. The van der Waals surface area contributed by atoms with E-state index in [0.29, 0.717) is 0 Å². The maximum Gasteiger partial charge on any atom is 0.0546 e. The van der Waals surface area contributed by atoms with E-state index in [1.165, 1.54) is 77.2 Å². The monoisotopic (exact) mass is 689 g/mol. The van der Waals surface area contributed by atoms with Crippen LogP contribution in [0.2, 0.25) is 0 Å². The predicted octanol–water partition coefficient (Wildman–Crippen LogP) is 14.8. The molecule has 0 bridgehead atoms. The van der Waals surface area contributed by atoms with E-state index in [0.717, 1.165) is 17.1 Å². The number of fused-ring (bicyclic) bond motifs is 6. The Labute approximate surface area is 317 Å². The third-order valence-electron chi connectivity index (χ3n) is 11.4. The lowest BCUT2D eigenvalue weighted by molar-refractivity contribution is 0.660. The van der Waals surface area contributed by atoms with E-state index in [1.54, 1.807) is 0 Å². The van der Waals surface area contributed by atoms with E-state index in [4.69, 9.17) is 0 Å². The Bertz CT molecular complexity index is 2850. The van der Waals surface area contributed by atoms with Crippen LogP contribution < -0.4 is 4.90 Å². The van der Waals surface area contributed by atoms with Gasteiger partial charge < -0.3 is 4.90 Å². The minimum absolute atomic E-state index is 0.124. The Morgan fingerprint density at radius 2 is 0.963 bits per heavy atom. The van der Waals surface area contributed by atoms with Crippen LogP contribution in [0, 0.1) is 0 Å². The van der Waals surface area contributed by atoms with Crippen molar-refractivity contribution in [3.63, 3.8) is 0 Å². The van der Waals surface area contributed by atoms with Crippen LogP contribution in [0.3, 0.4) is 0 Å². The van der Waals surface area contributed by atoms with Crippen molar-refractivity contribution in [3.05, 3.63) is 211 Å². The molecule has 0 amide bonds. The number of nitrogens with zero attached hydrogens (tertiary/aromatic N) is 1. The van der Waals surface area contributed by atoms with Crippen molar-refractivity contribution >= 4 is 38.6 Å². The van der Waals surface area contributed by atoms with Gasteiger partial charge in [0.1, 0.15) is 0 Å². The highest BCUT2D eigenvalue weighted by atomic mass is 15.1. The molecule has 0 N–H and O–H groups in total. The zero-order chi connectivity index (χ0) is 36.2. The van der Waals surface area contributed by atoms with Gasteiger partial charge in [-0.2, -0.15) is 0 Å².